The molecule has 0 saturated heterocycles. The third kappa shape index (κ3) is 6.38. The Morgan fingerprint density at radius 3 is 1.26 bits per heavy atom. The Morgan fingerprint density at radius 1 is 0.593 bits per heavy atom. The first-order valence-corrected chi connectivity index (χ1v) is 15.2. The van der Waals surface area contributed by atoms with Gasteiger partial charge in [0.25, 0.3) is 0 Å². The summed E-state index contributed by atoms with van der Waals surface area (Å²) in [6, 6.07) is 0. The van der Waals surface area contributed by atoms with E-state index in [1.54, 1.807) is 0 Å². The first kappa shape index (κ1) is 26.9. The molecule has 0 radical (unpaired) electrons. The van der Waals surface area contributed by atoms with Crippen molar-refractivity contribution in [3.63, 3.8) is 0 Å². The maximum absolute atomic E-state index is 6.12. The van der Waals surface area contributed by atoms with Crippen LogP contribution >= 0.6 is 159 Å². The Hall–Kier alpha value is 3.68. The summed E-state index contributed by atoms with van der Waals surface area (Å²) in [7, 11) is 0. The normalized spacial score (nSPS) is 30.0. The van der Waals surface area contributed by atoms with Gasteiger partial charge in [0, 0.05) is 39.7 Å². The molecule has 0 aromatic heterocycles. The lowest BCUT2D eigenvalue weighted by atomic mass is 10.1. The number of ether oxygens (including phenoxy) is 2. The van der Waals surface area contributed by atoms with E-state index in [1.807, 2.05) is 0 Å². The molecule has 2 aliphatic carbocycles. The molecule has 0 fully saturated rings. The molecule has 0 N–H and O–H groups in total. The molecular formula is C15H10Br10O2. The second kappa shape index (κ2) is 11.2. The molecular weight excluding hydrogens is 1010 g/mol. The zero-order valence-electron chi connectivity index (χ0n) is 13.1. The molecule has 27 heavy (non-hydrogen) atoms. The van der Waals surface area contributed by atoms with Crippen LogP contribution in [0.4, 0.5) is 0 Å². The second-order valence-electron chi connectivity index (χ2n) is 5.55. The molecule has 0 aromatic rings. The molecule has 0 heterocycles. The van der Waals surface area contributed by atoms with Crippen molar-refractivity contribution in [3.8, 4) is 0 Å². The zero-order chi connectivity index (χ0) is 20.6. The summed E-state index contributed by atoms with van der Waals surface area (Å²) in [5.41, 5.74) is 0. The molecule has 2 unspecified atom stereocenters. The molecule has 2 aliphatic rings. The van der Waals surface area contributed by atoms with Crippen LogP contribution in [0.1, 0.15) is 19.3 Å². The van der Waals surface area contributed by atoms with Crippen LogP contribution < -0.4 is 0 Å². The smallest absolute Gasteiger partial charge is 0.160 e. The highest BCUT2D eigenvalue weighted by molar-refractivity contribution is 9.18. The van der Waals surface area contributed by atoms with Crippen LogP contribution in [0.3, 0.4) is 0 Å². The fourth-order valence-corrected chi connectivity index (χ4v) is 9.74. The lowest BCUT2D eigenvalue weighted by Crippen LogP contribution is -2.31. The van der Waals surface area contributed by atoms with E-state index in [-0.39, 0.29) is 0 Å². The fraction of sp³-hybridized carbons (Fsp3) is 0.467. The summed E-state index contributed by atoms with van der Waals surface area (Å²) in [5.74, 6) is 0. The van der Waals surface area contributed by atoms with Gasteiger partial charge in [-0.3, -0.25) is 0 Å². The van der Waals surface area contributed by atoms with Gasteiger partial charge in [-0.05, 0) is 102 Å². The summed E-state index contributed by atoms with van der Waals surface area (Å²) in [4.78, 5) is 0. The Morgan fingerprint density at radius 2 is 0.926 bits per heavy atom. The molecule has 2 rings (SSSR count). The average Bonchev–Trinajstić information content (AvgIpc) is 2.61. The van der Waals surface area contributed by atoms with Crippen LogP contribution in [0.15, 0.2) is 35.9 Å². The van der Waals surface area contributed by atoms with Crippen LogP contribution in [-0.2, 0) is 9.47 Å². The molecule has 0 aromatic carbocycles. The van der Waals surface area contributed by atoms with Gasteiger partial charge in [0.1, 0.15) is 0 Å². The second-order valence-corrected chi connectivity index (χ2v) is 14.8. The number of hydrogen-bond donors (Lipinski definition) is 0. The summed E-state index contributed by atoms with van der Waals surface area (Å²) in [5, 5.41) is 0. The highest BCUT2D eigenvalue weighted by Gasteiger charge is 2.40. The van der Waals surface area contributed by atoms with Gasteiger partial charge in [0.2, 0.25) is 0 Å². The van der Waals surface area contributed by atoms with Gasteiger partial charge in [0.15, 0.2) is 9.02 Å². The SMILES string of the molecule is BrC1=C(Br)C(Br)=C(Br)C(Br)(OCCCOC2(Br)CC(Br)=C(Br)C(Br)=C2Br)C1. The Balaban J connectivity index is 1.90. The van der Waals surface area contributed by atoms with Gasteiger partial charge in [-0.15, -0.1) is 0 Å². The summed E-state index contributed by atoms with van der Waals surface area (Å²) < 4.78 is 18.7. The molecule has 0 saturated carbocycles. The van der Waals surface area contributed by atoms with Crippen molar-refractivity contribution < 1.29 is 9.47 Å². The molecule has 0 amide bonds. The van der Waals surface area contributed by atoms with Gasteiger partial charge in [-0.1, -0.05) is 63.7 Å². The number of hydrogen-bond acceptors (Lipinski definition) is 2. The summed E-state index contributed by atoms with van der Waals surface area (Å²) in [6.07, 6.45) is 2.07. The van der Waals surface area contributed by atoms with E-state index in [9.17, 15) is 0 Å². The van der Waals surface area contributed by atoms with Crippen molar-refractivity contribution in [3.05, 3.63) is 35.9 Å². The first-order valence-electron chi connectivity index (χ1n) is 7.29. The van der Waals surface area contributed by atoms with E-state index in [1.165, 1.54) is 0 Å². The quantitative estimate of drug-likeness (QED) is 0.195. The van der Waals surface area contributed by atoms with Gasteiger partial charge in [-0.2, -0.15) is 0 Å². The largest absolute Gasteiger partial charge is 0.358 e. The third-order valence-corrected chi connectivity index (χ3v) is 16.5. The predicted octanol–water partition coefficient (Wildman–Crippen LogP) is 10.4. The zero-order valence-corrected chi connectivity index (χ0v) is 29.0. The molecule has 152 valence electrons. The van der Waals surface area contributed by atoms with Crippen molar-refractivity contribution in [2.75, 3.05) is 13.2 Å². The van der Waals surface area contributed by atoms with Crippen LogP contribution in [0, 0.1) is 0 Å². The number of rotatable bonds is 6. The van der Waals surface area contributed by atoms with Crippen LogP contribution in [-0.4, -0.2) is 22.2 Å². The molecule has 2 atom stereocenters. The monoisotopic (exact) mass is 1010 g/mol. The van der Waals surface area contributed by atoms with Gasteiger partial charge in [-0.25, -0.2) is 0 Å². The lowest BCUT2D eigenvalue weighted by molar-refractivity contribution is 0.0198. The Bertz CT molecular complexity index is 694. The van der Waals surface area contributed by atoms with Crippen molar-refractivity contribution >= 4 is 159 Å². The van der Waals surface area contributed by atoms with E-state index in [0.29, 0.717) is 26.1 Å². The van der Waals surface area contributed by atoms with Crippen LogP contribution in [0.25, 0.3) is 0 Å². The first-order chi connectivity index (χ1) is 12.4. The van der Waals surface area contributed by atoms with E-state index in [2.05, 4.69) is 159 Å². The predicted molar refractivity (Wildman–Crippen MR) is 149 cm³/mol. The number of alkyl halides is 2. The molecule has 0 bridgehead atoms. The number of allylic oxidation sites excluding steroid dienone is 4. The van der Waals surface area contributed by atoms with Crippen molar-refractivity contribution in [1.82, 2.24) is 0 Å². The minimum atomic E-state index is -0.612. The lowest BCUT2D eigenvalue weighted by Gasteiger charge is -2.33. The van der Waals surface area contributed by atoms with E-state index < -0.39 is 9.02 Å². The van der Waals surface area contributed by atoms with Gasteiger partial charge in [0.05, 0.1) is 22.2 Å². The maximum atomic E-state index is 6.12. The van der Waals surface area contributed by atoms with Crippen molar-refractivity contribution in [2.24, 2.45) is 0 Å². The molecule has 0 spiro atoms. The van der Waals surface area contributed by atoms with E-state index >= 15 is 0 Å². The van der Waals surface area contributed by atoms with Gasteiger partial charge < -0.3 is 9.47 Å². The highest BCUT2D eigenvalue weighted by atomic mass is 79.9. The minimum absolute atomic E-state index is 0.533. The Kier molecular flexibility index (Phi) is 11.2. The molecule has 2 nitrogen and oxygen atoms in total. The summed E-state index contributed by atoms with van der Waals surface area (Å²) >= 11 is 36.0. The average molecular weight is 1020 g/mol. The fourth-order valence-electron chi connectivity index (χ4n) is 2.22. The van der Waals surface area contributed by atoms with Gasteiger partial charge >= 0.3 is 0 Å². The minimum Gasteiger partial charge on any atom is -0.358 e. The Labute approximate surface area is 242 Å². The van der Waals surface area contributed by atoms with E-state index in [0.717, 1.165) is 42.3 Å². The third-order valence-electron chi connectivity index (χ3n) is 3.62. The highest BCUT2D eigenvalue weighted by Crippen LogP contribution is 2.53. The van der Waals surface area contributed by atoms with Crippen molar-refractivity contribution in [2.45, 2.75) is 28.3 Å². The molecule has 12 heteroatoms. The standard InChI is InChI=1S/C15H10Br10O2/c16-6-4-14(24,12(22)10(20)8(6)18)26-2-1-3-27-15(25)5-7(17)9(19)11(21)13(15)23/h1-5H2. The van der Waals surface area contributed by atoms with E-state index in [4.69, 9.17) is 9.47 Å². The maximum Gasteiger partial charge on any atom is 0.160 e. The molecule has 0 aliphatic heterocycles. The topological polar surface area (TPSA) is 18.5 Å². The number of halogens is 10. The summed E-state index contributed by atoms with van der Waals surface area (Å²) in [6.45, 7) is 1.07. The van der Waals surface area contributed by atoms with Crippen LogP contribution in [0.2, 0.25) is 0 Å². The van der Waals surface area contributed by atoms with Crippen LogP contribution in [0.5, 0.6) is 0 Å². The van der Waals surface area contributed by atoms with Crippen molar-refractivity contribution in [1.29, 1.82) is 0 Å².